The Bertz CT molecular complexity index is 1110. The number of nitrogens with one attached hydrogen (secondary N) is 1. The van der Waals surface area contributed by atoms with Gasteiger partial charge in [-0.25, -0.2) is 0 Å². The molecule has 1 amide bonds. The molecule has 3 N–H and O–H groups in total. The van der Waals surface area contributed by atoms with E-state index in [1.165, 1.54) is 0 Å². The van der Waals surface area contributed by atoms with Crippen LogP contribution in [0.15, 0.2) is 48.5 Å². The summed E-state index contributed by atoms with van der Waals surface area (Å²) in [5.74, 6) is -0.918. The third-order valence-electron chi connectivity index (χ3n) is 4.46. The van der Waals surface area contributed by atoms with Gasteiger partial charge in [-0.05, 0) is 0 Å². The second-order valence-electron chi connectivity index (χ2n) is 6.24. The van der Waals surface area contributed by atoms with Crippen molar-refractivity contribution >= 4 is 43.7 Å². The van der Waals surface area contributed by atoms with Crippen LogP contribution in [0.2, 0.25) is 0 Å². The van der Waals surface area contributed by atoms with Gasteiger partial charge in [-0.1, -0.05) is 0 Å². The molecule has 1 aliphatic heterocycles. The average Bonchev–Trinajstić information content (AvgIpc) is 3.15. The predicted octanol–water partition coefficient (Wildman–Crippen LogP) is 3.62. The average molecular weight is 424 g/mol. The molecule has 0 saturated carbocycles. The monoisotopic (exact) mass is 425 g/mol. The zero-order valence-electron chi connectivity index (χ0n) is 14.3. The van der Waals surface area contributed by atoms with E-state index in [2.05, 4.69) is 5.32 Å². The van der Waals surface area contributed by atoms with Gasteiger partial charge in [-0.3, -0.25) is 0 Å². The molecule has 0 atom stereocenters. The van der Waals surface area contributed by atoms with Crippen molar-refractivity contribution in [3.8, 4) is 16.9 Å². The minimum absolute atomic E-state index is 0.0876. The van der Waals surface area contributed by atoms with Gasteiger partial charge in [0.15, 0.2) is 0 Å². The van der Waals surface area contributed by atoms with Crippen molar-refractivity contribution in [1.82, 2.24) is 0 Å². The Morgan fingerprint density at radius 1 is 1.07 bits per heavy atom. The number of hydrogen-bond acceptors (Lipinski definition) is 3. The van der Waals surface area contributed by atoms with E-state index in [-0.39, 0.29) is 26.2 Å². The first kappa shape index (κ1) is 17.3. The van der Waals surface area contributed by atoms with Gasteiger partial charge in [0, 0.05) is 0 Å². The zero-order chi connectivity index (χ0) is 19.1. The molecule has 2 aromatic carbocycles. The molecule has 1 aromatic heterocycles. The van der Waals surface area contributed by atoms with Crippen molar-refractivity contribution in [1.29, 1.82) is 0 Å². The number of carbonyl (C=O) groups is 2. The molecule has 3 aromatic rings. The van der Waals surface area contributed by atoms with E-state index in [1.807, 2.05) is 37.3 Å². The van der Waals surface area contributed by atoms with Crippen molar-refractivity contribution in [2.75, 3.05) is 5.32 Å². The first-order valence-electron chi connectivity index (χ1n) is 8.23. The van der Waals surface area contributed by atoms with Gasteiger partial charge in [0.1, 0.15) is 0 Å². The number of rotatable bonds is 3. The number of anilines is 1. The zero-order valence-corrected chi connectivity index (χ0v) is 16.0. The van der Waals surface area contributed by atoms with Crippen molar-refractivity contribution in [3.63, 3.8) is 0 Å². The van der Waals surface area contributed by atoms with Crippen LogP contribution in [0.5, 0.6) is 5.75 Å². The quantitative estimate of drug-likeness (QED) is 0.443. The Morgan fingerprint density at radius 2 is 1.78 bits per heavy atom. The van der Waals surface area contributed by atoms with E-state index in [0.29, 0.717) is 11.1 Å². The normalized spacial score (nSPS) is 14.3. The summed E-state index contributed by atoms with van der Waals surface area (Å²) in [7, 11) is 0. The number of aromatic carboxylic acids is 1. The summed E-state index contributed by atoms with van der Waals surface area (Å²) in [6.45, 7) is 1.82. The van der Waals surface area contributed by atoms with Crippen molar-refractivity contribution < 1.29 is 19.8 Å². The third kappa shape index (κ3) is 3.21. The molecule has 0 bridgehead atoms. The summed E-state index contributed by atoms with van der Waals surface area (Å²) < 4.78 is 1.72. The van der Waals surface area contributed by atoms with Gasteiger partial charge >= 0.3 is 161 Å². The van der Waals surface area contributed by atoms with Crippen LogP contribution in [-0.2, 0) is 4.79 Å². The van der Waals surface area contributed by atoms with Gasteiger partial charge in [0.2, 0.25) is 0 Å². The van der Waals surface area contributed by atoms with Crippen LogP contribution in [0.3, 0.4) is 0 Å². The number of carbonyl (C=O) groups excluding carboxylic acids is 1. The maximum absolute atomic E-state index is 12.4. The van der Waals surface area contributed by atoms with Crippen molar-refractivity contribution in [3.05, 3.63) is 68.5 Å². The molecule has 1 aliphatic rings. The molecule has 0 saturated heterocycles. The Morgan fingerprint density at radius 3 is 2.44 bits per heavy atom. The first-order valence-corrected chi connectivity index (χ1v) is 9.94. The number of fused-ring (bicyclic) bond motifs is 1. The second kappa shape index (κ2) is 6.58. The Hall–Kier alpha value is -3.08. The molecule has 0 unspecified atom stereocenters. The molecule has 134 valence electrons. The molecule has 27 heavy (non-hydrogen) atoms. The maximum atomic E-state index is 12.4. The standard InChI is InChI=1S/C21H15NO4Se/c1-11-17(21(25)26)9-15(27-11)10-18-16-7-4-13(8-19(16)22-20(18)24)12-2-5-14(23)6-3-12/h2-10,23H,1H3,(H,22,24)(H,25,26). The van der Waals surface area contributed by atoms with Gasteiger partial charge in [0.05, 0.1) is 0 Å². The molecule has 2 heterocycles. The Balaban J connectivity index is 1.72. The summed E-state index contributed by atoms with van der Waals surface area (Å²) >= 11 is -0.0876. The molecule has 0 spiro atoms. The molecule has 4 rings (SSSR count). The summed E-state index contributed by atoms with van der Waals surface area (Å²) in [5.41, 5.74) is 4.28. The topological polar surface area (TPSA) is 86.6 Å². The molecule has 5 nitrogen and oxygen atoms in total. The molecule has 6 heteroatoms. The summed E-state index contributed by atoms with van der Waals surface area (Å²) in [5, 5.41) is 21.5. The number of aryl methyl sites for hydroxylation is 1. The minimum atomic E-state index is -0.933. The van der Waals surface area contributed by atoms with Crippen LogP contribution in [0.25, 0.3) is 22.8 Å². The number of benzene rings is 2. The van der Waals surface area contributed by atoms with Gasteiger partial charge < -0.3 is 0 Å². The van der Waals surface area contributed by atoms with Crippen LogP contribution in [0, 0.1) is 6.92 Å². The predicted molar refractivity (Wildman–Crippen MR) is 105 cm³/mol. The van der Waals surface area contributed by atoms with E-state index < -0.39 is 5.97 Å². The molecular formula is C21H15NO4Se. The van der Waals surface area contributed by atoms with Gasteiger partial charge in [-0.15, -0.1) is 0 Å². The molecule has 0 radical (unpaired) electrons. The number of phenols is 1. The van der Waals surface area contributed by atoms with Crippen LogP contribution in [-0.4, -0.2) is 36.6 Å². The van der Waals surface area contributed by atoms with Crippen molar-refractivity contribution in [2.45, 2.75) is 6.92 Å². The van der Waals surface area contributed by atoms with Crippen LogP contribution < -0.4 is 5.32 Å². The third-order valence-corrected chi connectivity index (χ3v) is 6.55. The fourth-order valence-electron chi connectivity index (χ4n) is 3.10. The number of aromatic hydroxyl groups is 1. The van der Waals surface area contributed by atoms with Gasteiger partial charge in [0.25, 0.3) is 0 Å². The fraction of sp³-hybridized carbons (Fsp3) is 0.0476. The second-order valence-corrected chi connectivity index (χ2v) is 8.95. The van der Waals surface area contributed by atoms with Crippen LogP contribution >= 0.6 is 0 Å². The Kier molecular flexibility index (Phi) is 4.22. The van der Waals surface area contributed by atoms with Crippen LogP contribution in [0.1, 0.15) is 24.8 Å². The molecule has 0 fully saturated rings. The van der Waals surface area contributed by atoms with Gasteiger partial charge in [-0.2, -0.15) is 0 Å². The Labute approximate surface area is 161 Å². The fourth-order valence-corrected chi connectivity index (χ4v) is 5.12. The summed E-state index contributed by atoms with van der Waals surface area (Å²) in [4.78, 5) is 23.7. The SMILES string of the molecule is Cc1[se]c(C=C2C(=O)Nc3cc(-c4ccc(O)cc4)ccc32)cc1C(=O)O. The van der Waals surface area contributed by atoms with E-state index in [4.69, 9.17) is 0 Å². The molecular weight excluding hydrogens is 409 g/mol. The van der Waals surface area contributed by atoms with Crippen LogP contribution in [0.4, 0.5) is 5.69 Å². The number of carboxylic acid groups (broad SMARTS) is 1. The van der Waals surface area contributed by atoms with E-state index in [1.54, 1.807) is 24.3 Å². The number of phenolic OH excluding ortho intramolecular Hbond substituents is 1. The number of carboxylic acids is 1. The summed E-state index contributed by atoms with van der Waals surface area (Å²) in [6, 6.07) is 14.3. The van der Waals surface area contributed by atoms with E-state index >= 15 is 0 Å². The first-order chi connectivity index (χ1) is 12.9. The van der Waals surface area contributed by atoms with Crippen molar-refractivity contribution in [2.24, 2.45) is 0 Å². The number of amides is 1. The number of hydrogen-bond donors (Lipinski definition) is 3. The van der Waals surface area contributed by atoms with E-state index in [0.717, 1.165) is 31.3 Å². The van der Waals surface area contributed by atoms with E-state index in [9.17, 15) is 19.8 Å². The summed E-state index contributed by atoms with van der Waals surface area (Å²) in [6.07, 6.45) is 1.79. The molecule has 0 aliphatic carbocycles.